The first-order chi connectivity index (χ1) is 14.6. The zero-order valence-corrected chi connectivity index (χ0v) is 20.2. The van der Waals surface area contributed by atoms with E-state index >= 15 is 0 Å². The number of pyridine rings is 1. The van der Waals surface area contributed by atoms with Crippen LogP contribution in [0.5, 0.6) is 0 Å². The average molecular weight is 433 g/mol. The van der Waals surface area contributed by atoms with Gasteiger partial charge in [-0.2, -0.15) is 0 Å². The number of hydrogen-bond donors (Lipinski definition) is 2. The van der Waals surface area contributed by atoms with Crippen molar-refractivity contribution in [2.45, 2.75) is 71.6 Å². The smallest absolute Gasteiger partial charge is 0.410 e. The summed E-state index contributed by atoms with van der Waals surface area (Å²) in [5, 5.41) is 6.90. The van der Waals surface area contributed by atoms with Crippen molar-refractivity contribution in [2.75, 3.05) is 38.6 Å². The lowest BCUT2D eigenvalue weighted by molar-refractivity contribution is 0.0230. The minimum absolute atomic E-state index is 0.0608. The predicted molar refractivity (Wildman–Crippen MR) is 127 cm³/mol. The molecule has 1 unspecified atom stereocenters. The summed E-state index contributed by atoms with van der Waals surface area (Å²) in [4.78, 5) is 25.1. The first kappa shape index (κ1) is 24.8. The molecule has 1 fully saturated rings. The lowest BCUT2D eigenvalue weighted by atomic mass is 10.1. The Hall–Kier alpha value is -2.51. The van der Waals surface area contributed by atoms with Gasteiger partial charge in [-0.25, -0.2) is 9.78 Å². The molecule has 0 saturated carbocycles. The number of aryl methyl sites for hydroxylation is 1. The zero-order chi connectivity index (χ0) is 23.0. The molecule has 0 aromatic carbocycles. The molecule has 1 aliphatic rings. The van der Waals surface area contributed by atoms with Crippen LogP contribution in [0.15, 0.2) is 23.3 Å². The van der Waals surface area contributed by atoms with Crippen LogP contribution in [0.1, 0.15) is 52.5 Å². The van der Waals surface area contributed by atoms with Crippen molar-refractivity contribution in [3.05, 3.63) is 23.9 Å². The second-order valence-electron chi connectivity index (χ2n) is 9.33. The number of aromatic nitrogens is 1. The van der Waals surface area contributed by atoms with E-state index in [-0.39, 0.29) is 12.1 Å². The van der Waals surface area contributed by atoms with E-state index < -0.39 is 5.60 Å². The Morgan fingerprint density at radius 3 is 2.58 bits per heavy atom. The van der Waals surface area contributed by atoms with Gasteiger partial charge in [0, 0.05) is 52.0 Å². The molecule has 0 bridgehead atoms. The molecule has 1 atom stereocenters. The molecule has 2 heterocycles. The van der Waals surface area contributed by atoms with Crippen LogP contribution in [0.25, 0.3) is 0 Å². The second kappa shape index (κ2) is 11.2. The lowest BCUT2D eigenvalue weighted by Gasteiger charge is -2.34. The molecule has 31 heavy (non-hydrogen) atoms. The molecule has 1 saturated heterocycles. The minimum Gasteiger partial charge on any atom is -0.444 e. The first-order valence-electron chi connectivity index (χ1n) is 11.2. The molecule has 1 aromatic rings. The number of hydrogen-bond acceptors (Lipinski definition) is 5. The number of carbonyl (C=O) groups excluding carboxylic acids is 1. The van der Waals surface area contributed by atoms with Crippen molar-refractivity contribution < 1.29 is 9.53 Å². The fraction of sp³-hybridized carbons (Fsp3) is 0.696. The normalized spacial score (nSPS) is 16.6. The summed E-state index contributed by atoms with van der Waals surface area (Å²) in [6.07, 6.45) is 4.50. The van der Waals surface area contributed by atoms with Crippen molar-refractivity contribution in [3.63, 3.8) is 0 Å². The summed E-state index contributed by atoms with van der Waals surface area (Å²) in [5.41, 5.74) is 0.696. The van der Waals surface area contributed by atoms with Crippen molar-refractivity contribution in [1.29, 1.82) is 0 Å². The Bertz CT molecular complexity index is 721. The van der Waals surface area contributed by atoms with Gasteiger partial charge >= 0.3 is 6.09 Å². The standard InChI is InChI=1S/C23H40N6O2/c1-17-8-9-20(26-16-17)29-14-11-19(12-15-29)27-21(24-6)25-13-10-18(2)28(7)22(30)31-23(3,4)5/h8-9,16,18-19H,10-15H2,1-7H3,(H2,24,25,27). The van der Waals surface area contributed by atoms with E-state index in [4.69, 9.17) is 4.74 Å². The van der Waals surface area contributed by atoms with Gasteiger partial charge in [-0.15, -0.1) is 0 Å². The van der Waals surface area contributed by atoms with Gasteiger partial charge < -0.3 is 25.2 Å². The van der Waals surface area contributed by atoms with E-state index in [9.17, 15) is 4.79 Å². The Labute approximate surface area is 187 Å². The van der Waals surface area contributed by atoms with Crippen LogP contribution in [0.4, 0.5) is 10.6 Å². The highest BCUT2D eigenvalue weighted by Crippen LogP contribution is 2.18. The molecule has 1 aliphatic heterocycles. The monoisotopic (exact) mass is 432 g/mol. The van der Waals surface area contributed by atoms with E-state index in [1.807, 2.05) is 33.9 Å². The molecule has 2 N–H and O–H groups in total. The second-order valence-corrected chi connectivity index (χ2v) is 9.33. The highest BCUT2D eigenvalue weighted by atomic mass is 16.6. The highest BCUT2D eigenvalue weighted by Gasteiger charge is 2.23. The average Bonchev–Trinajstić information content (AvgIpc) is 2.72. The van der Waals surface area contributed by atoms with Crippen LogP contribution >= 0.6 is 0 Å². The van der Waals surface area contributed by atoms with Gasteiger partial charge in [0.1, 0.15) is 11.4 Å². The molecule has 174 valence electrons. The van der Waals surface area contributed by atoms with E-state index in [2.05, 4.69) is 44.6 Å². The molecule has 1 amide bonds. The molecular formula is C23H40N6O2. The quantitative estimate of drug-likeness (QED) is 0.531. The van der Waals surface area contributed by atoms with Crippen molar-refractivity contribution in [3.8, 4) is 0 Å². The van der Waals surface area contributed by atoms with Crippen LogP contribution in [-0.2, 0) is 4.74 Å². The maximum atomic E-state index is 12.2. The number of nitrogens with one attached hydrogen (secondary N) is 2. The fourth-order valence-electron chi connectivity index (χ4n) is 3.39. The molecule has 0 aliphatic carbocycles. The lowest BCUT2D eigenvalue weighted by Crippen LogP contribution is -2.49. The van der Waals surface area contributed by atoms with Crippen LogP contribution < -0.4 is 15.5 Å². The largest absolute Gasteiger partial charge is 0.444 e. The number of guanidine groups is 1. The van der Waals surface area contributed by atoms with Crippen LogP contribution in [0.3, 0.4) is 0 Å². The van der Waals surface area contributed by atoms with Gasteiger partial charge in [-0.05, 0) is 65.5 Å². The summed E-state index contributed by atoms with van der Waals surface area (Å²) < 4.78 is 5.44. The molecule has 0 spiro atoms. The number of anilines is 1. The summed E-state index contributed by atoms with van der Waals surface area (Å²) in [7, 11) is 3.57. The minimum atomic E-state index is -0.486. The van der Waals surface area contributed by atoms with Gasteiger partial charge in [-0.3, -0.25) is 4.99 Å². The summed E-state index contributed by atoms with van der Waals surface area (Å²) in [6.45, 7) is 12.4. The third kappa shape index (κ3) is 8.26. The first-order valence-corrected chi connectivity index (χ1v) is 11.2. The van der Waals surface area contributed by atoms with Gasteiger partial charge in [0.05, 0.1) is 0 Å². The van der Waals surface area contributed by atoms with Gasteiger partial charge in [0.2, 0.25) is 0 Å². The topological polar surface area (TPSA) is 82.1 Å². The number of ether oxygens (including phenoxy) is 1. The van der Waals surface area contributed by atoms with Gasteiger partial charge in [0.15, 0.2) is 5.96 Å². The van der Waals surface area contributed by atoms with Crippen LogP contribution in [0.2, 0.25) is 0 Å². The number of amides is 1. The van der Waals surface area contributed by atoms with Crippen molar-refractivity contribution in [2.24, 2.45) is 4.99 Å². The number of carbonyl (C=O) groups is 1. The number of rotatable bonds is 6. The molecule has 8 nitrogen and oxygen atoms in total. The molecule has 8 heteroatoms. The van der Waals surface area contributed by atoms with E-state index in [1.165, 1.54) is 5.56 Å². The molecule has 0 radical (unpaired) electrons. The third-order valence-corrected chi connectivity index (χ3v) is 5.48. The Morgan fingerprint density at radius 1 is 1.35 bits per heavy atom. The molecular weight excluding hydrogens is 392 g/mol. The maximum Gasteiger partial charge on any atom is 0.410 e. The zero-order valence-electron chi connectivity index (χ0n) is 20.2. The summed E-state index contributed by atoms with van der Waals surface area (Å²) in [6, 6.07) is 4.65. The summed E-state index contributed by atoms with van der Waals surface area (Å²) >= 11 is 0. The van der Waals surface area contributed by atoms with Crippen LogP contribution in [0, 0.1) is 6.92 Å². The number of aliphatic imine (C=N–C) groups is 1. The summed E-state index contributed by atoms with van der Waals surface area (Å²) in [5.74, 6) is 1.86. The fourth-order valence-corrected chi connectivity index (χ4v) is 3.39. The SMILES string of the molecule is CN=C(NCCC(C)N(C)C(=O)OC(C)(C)C)NC1CCN(c2ccc(C)cn2)CC1. The predicted octanol–water partition coefficient (Wildman–Crippen LogP) is 3.17. The van der Waals surface area contributed by atoms with E-state index in [1.54, 1.807) is 19.0 Å². The maximum absolute atomic E-state index is 12.2. The Balaban J connectivity index is 1.72. The van der Waals surface area contributed by atoms with E-state index in [0.717, 1.165) is 50.7 Å². The van der Waals surface area contributed by atoms with Crippen molar-refractivity contribution >= 4 is 17.9 Å². The molecule has 2 rings (SSSR count). The van der Waals surface area contributed by atoms with E-state index in [0.29, 0.717) is 6.04 Å². The Morgan fingerprint density at radius 2 is 2.03 bits per heavy atom. The highest BCUT2D eigenvalue weighted by molar-refractivity contribution is 5.80. The van der Waals surface area contributed by atoms with Gasteiger partial charge in [0.25, 0.3) is 0 Å². The van der Waals surface area contributed by atoms with Crippen molar-refractivity contribution in [1.82, 2.24) is 20.5 Å². The van der Waals surface area contributed by atoms with Gasteiger partial charge in [-0.1, -0.05) is 6.07 Å². The van der Waals surface area contributed by atoms with Crippen LogP contribution in [-0.4, -0.2) is 73.4 Å². The Kier molecular flexibility index (Phi) is 8.95. The number of nitrogens with zero attached hydrogens (tertiary/aromatic N) is 4. The molecule has 1 aromatic heterocycles. The third-order valence-electron chi connectivity index (χ3n) is 5.48. The number of piperidine rings is 1.